The zero-order valence-electron chi connectivity index (χ0n) is 10.8. The summed E-state index contributed by atoms with van der Waals surface area (Å²) >= 11 is 5.86. The maximum Gasteiger partial charge on any atom is 0.339 e. The zero-order valence-corrected chi connectivity index (χ0v) is 11.6. The highest BCUT2D eigenvalue weighted by Crippen LogP contribution is 2.23. The second kappa shape index (κ2) is 6.21. The summed E-state index contributed by atoms with van der Waals surface area (Å²) in [4.78, 5) is 17.2. The smallest absolute Gasteiger partial charge is 0.339 e. The molecule has 1 aromatic heterocycles. The minimum atomic E-state index is -0.988. The lowest BCUT2D eigenvalue weighted by atomic mass is 10.00. The zero-order chi connectivity index (χ0) is 13.8. The van der Waals surface area contributed by atoms with Crippen molar-refractivity contribution < 1.29 is 14.6 Å². The third-order valence-corrected chi connectivity index (χ3v) is 3.52. The molecule has 1 saturated heterocycles. The predicted molar refractivity (Wildman–Crippen MR) is 73.0 cm³/mol. The number of hydrogen-bond acceptors (Lipinski definition) is 4. The third-order valence-electron chi connectivity index (χ3n) is 3.31. The molecule has 104 valence electrons. The number of aromatic nitrogens is 1. The van der Waals surface area contributed by atoms with Gasteiger partial charge < -0.3 is 14.7 Å². The Hall–Kier alpha value is -1.33. The van der Waals surface area contributed by atoms with Crippen LogP contribution >= 0.6 is 11.6 Å². The first-order valence-corrected chi connectivity index (χ1v) is 6.64. The van der Waals surface area contributed by atoms with Crippen molar-refractivity contribution in [2.45, 2.75) is 12.8 Å². The van der Waals surface area contributed by atoms with Gasteiger partial charge in [0.15, 0.2) is 0 Å². The summed E-state index contributed by atoms with van der Waals surface area (Å²) in [5.74, 6) is -0.0642. The van der Waals surface area contributed by atoms with Crippen LogP contribution in [0, 0.1) is 5.92 Å². The summed E-state index contributed by atoms with van der Waals surface area (Å²) in [5, 5.41) is 9.49. The lowest BCUT2D eigenvalue weighted by molar-refractivity contribution is 0.0677. The Kier molecular flexibility index (Phi) is 4.61. The molecule has 0 unspecified atom stereocenters. The molecule has 0 radical (unpaired) electrons. The van der Waals surface area contributed by atoms with Gasteiger partial charge in [0.1, 0.15) is 16.5 Å². The summed E-state index contributed by atoms with van der Waals surface area (Å²) < 4.78 is 5.32. The number of aromatic carboxylic acids is 1. The first kappa shape index (κ1) is 14.1. The van der Waals surface area contributed by atoms with Crippen molar-refractivity contribution in [3.8, 4) is 0 Å². The lowest BCUT2D eigenvalue weighted by Gasteiger charge is -2.28. The Bertz CT molecular complexity index is 461. The molecule has 0 amide bonds. The van der Waals surface area contributed by atoms with Crippen molar-refractivity contribution in [2.24, 2.45) is 5.92 Å². The van der Waals surface area contributed by atoms with Crippen molar-refractivity contribution in [1.29, 1.82) is 0 Å². The second-order valence-electron chi connectivity index (χ2n) is 4.75. The summed E-state index contributed by atoms with van der Waals surface area (Å²) in [5.41, 5.74) is 0.180. The van der Waals surface area contributed by atoms with Crippen LogP contribution in [0.25, 0.3) is 0 Å². The molecule has 5 nitrogen and oxygen atoms in total. The maximum absolute atomic E-state index is 11.2. The van der Waals surface area contributed by atoms with Gasteiger partial charge in [0.05, 0.1) is 0 Å². The van der Waals surface area contributed by atoms with Crippen LogP contribution < -0.4 is 4.90 Å². The molecular weight excluding hydrogens is 268 g/mol. The molecule has 1 aliphatic heterocycles. The fourth-order valence-electron chi connectivity index (χ4n) is 2.29. The number of carbonyl (C=O) groups is 1. The van der Waals surface area contributed by atoms with E-state index in [4.69, 9.17) is 16.3 Å². The minimum Gasteiger partial charge on any atom is -0.478 e. The molecule has 0 saturated carbocycles. The Morgan fingerprint density at radius 2 is 2.21 bits per heavy atom. The number of carboxylic acids is 1. The predicted octanol–water partition coefficient (Wildman–Crippen LogP) is 2.30. The van der Waals surface area contributed by atoms with Gasteiger partial charge in [0.25, 0.3) is 0 Å². The molecule has 2 rings (SSSR count). The van der Waals surface area contributed by atoms with E-state index in [0.29, 0.717) is 16.9 Å². The van der Waals surface area contributed by atoms with Crippen molar-refractivity contribution in [3.05, 3.63) is 22.8 Å². The fourth-order valence-corrected chi connectivity index (χ4v) is 2.43. The van der Waals surface area contributed by atoms with Crippen LogP contribution in [-0.2, 0) is 4.74 Å². The molecule has 19 heavy (non-hydrogen) atoms. The Balaban J connectivity index is 2.14. The van der Waals surface area contributed by atoms with E-state index in [9.17, 15) is 9.90 Å². The van der Waals surface area contributed by atoms with E-state index >= 15 is 0 Å². The maximum atomic E-state index is 11.2. The largest absolute Gasteiger partial charge is 0.478 e. The monoisotopic (exact) mass is 284 g/mol. The quantitative estimate of drug-likeness (QED) is 0.860. The van der Waals surface area contributed by atoms with Gasteiger partial charge >= 0.3 is 5.97 Å². The van der Waals surface area contributed by atoms with Crippen LogP contribution in [0.3, 0.4) is 0 Å². The Morgan fingerprint density at radius 1 is 1.53 bits per heavy atom. The van der Waals surface area contributed by atoms with Gasteiger partial charge in [-0.05, 0) is 30.9 Å². The van der Waals surface area contributed by atoms with E-state index < -0.39 is 5.97 Å². The molecule has 6 heteroatoms. The van der Waals surface area contributed by atoms with Gasteiger partial charge in [0.2, 0.25) is 0 Å². The summed E-state index contributed by atoms with van der Waals surface area (Å²) in [7, 11) is 1.85. The van der Waals surface area contributed by atoms with Gasteiger partial charge in [-0.15, -0.1) is 0 Å². The highest BCUT2D eigenvalue weighted by molar-refractivity contribution is 6.29. The van der Waals surface area contributed by atoms with Crippen molar-refractivity contribution in [3.63, 3.8) is 0 Å². The number of halogens is 1. The van der Waals surface area contributed by atoms with Crippen molar-refractivity contribution in [1.82, 2.24) is 4.98 Å². The van der Waals surface area contributed by atoms with E-state index in [2.05, 4.69) is 4.98 Å². The first-order chi connectivity index (χ1) is 9.08. The van der Waals surface area contributed by atoms with E-state index in [-0.39, 0.29) is 5.56 Å². The van der Waals surface area contributed by atoms with E-state index in [0.717, 1.165) is 32.6 Å². The van der Waals surface area contributed by atoms with Gasteiger partial charge in [-0.3, -0.25) is 0 Å². The SMILES string of the molecule is CN(CC1CCOCC1)c1nc(Cl)ccc1C(=O)O. The van der Waals surface area contributed by atoms with Crippen molar-refractivity contribution in [2.75, 3.05) is 31.7 Å². The molecule has 1 aliphatic rings. The molecular formula is C13H17ClN2O3. The van der Waals surface area contributed by atoms with E-state index in [1.807, 2.05) is 11.9 Å². The highest BCUT2D eigenvalue weighted by Gasteiger charge is 2.20. The number of hydrogen-bond donors (Lipinski definition) is 1. The van der Waals surface area contributed by atoms with E-state index in [1.165, 1.54) is 12.1 Å². The molecule has 2 heterocycles. The highest BCUT2D eigenvalue weighted by atomic mass is 35.5. The van der Waals surface area contributed by atoms with Crippen LogP contribution in [0.4, 0.5) is 5.82 Å². The van der Waals surface area contributed by atoms with Gasteiger partial charge in [-0.2, -0.15) is 0 Å². The molecule has 1 fully saturated rings. The standard InChI is InChI=1S/C13H17ClN2O3/c1-16(8-9-4-6-19-7-5-9)12-10(13(17)18)2-3-11(14)15-12/h2-3,9H,4-8H2,1H3,(H,17,18). The first-order valence-electron chi connectivity index (χ1n) is 6.26. The number of rotatable bonds is 4. The van der Waals surface area contributed by atoms with Gasteiger partial charge in [-0.25, -0.2) is 9.78 Å². The minimum absolute atomic E-state index is 0.180. The number of pyridine rings is 1. The van der Waals surface area contributed by atoms with Gasteiger partial charge in [0, 0.05) is 26.8 Å². The topological polar surface area (TPSA) is 62.7 Å². The Morgan fingerprint density at radius 3 is 2.84 bits per heavy atom. The third kappa shape index (κ3) is 3.58. The van der Waals surface area contributed by atoms with E-state index in [1.54, 1.807) is 0 Å². The normalized spacial score (nSPS) is 16.3. The van der Waals surface area contributed by atoms with Crippen LogP contribution in [-0.4, -0.2) is 42.9 Å². The molecule has 0 bridgehead atoms. The van der Waals surface area contributed by atoms with Crippen LogP contribution in [0.2, 0.25) is 5.15 Å². The fraction of sp³-hybridized carbons (Fsp3) is 0.538. The Labute approximate surface area is 117 Å². The molecule has 0 spiro atoms. The number of carboxylic acid groups (broad SMARTS) is 1. The average Bonchev–Trinajstić information content (AvgIpc) is 2.39. The molecule has 0 atom stereocenters. The second-order valence-corrected chi connectivity index (χ2v) is 5.13. The molecule has 1 N–H and O–H groups in total. The lowest BCUT2D eigenvalue weighted by Crippen LogP contribution is -2.31. The number of anilines is 1. The number of ether oxygens (including phenoxy) is 1. The van der Waals surface area contributed by atoms with Crippen molar-refractivity contribution >= 4 is 23.4 Å². The van der Waals surface area contributed by atoms with Crippen LogP contribution in [0.15, 0.2) is 12.1 Å². The summed E-state index contributed by atoms with van der Waals surface area (Å²) in [6.45, 7) is 2.30. The van der Waals surface area contributed by atoms with Crippen LogP contribution in [0.1, 0.15) is 23.2 Å². The molecule has 0 aliphatic carbocycles. The van der Waals surface area contributed by atoms with Gasteiger partial charge in [-0.1, -0.05) is 11.6 Å². The van der Waals surface area contributed by atoms with Crippen LogP contribution in [0.5, 0.6) is 0 Å². The summed E-state index contributed by atoms with van der Waals surface area (Å²) in [6, 6.07) is 2.99. The number of nitrogens with zero attached hydrogens (tertiary/aromatic N) is 2. The average molecular weight is 285 g/mol. The summed E-state index contributed by atoms with van der Waals surface area (Å²) in [6.07, 6.45) is 1.99. The molecule has 1 aromatic rings. The molecule has 0 aromatic carbocycles.